The number of nitrogens with one attached hydrogen (secondary N) is 1. The van der Waals surface area contributed by atoms with Crippen LogP contribution < -0.4 is 5.32 Å². The first-order valence-corrected chi connectivity index (χ1v) is 6.94. The van der Waals surface area contributed by atoms with Crippen LogP contribution in [0.1, 0.15) is 51.9 Å². The van der Waals surface area contributed by atoms with Gasteiger partial charge in [0.15, 0.2) is 0 Å². The summed E-state index contributed by atoms with van der Waals surface area (Å²) in [7, 11) is 3.63. The Labute approximate surface area is 106 Å². The van der Waals surface area contributed by atoms with E-state index in [0.717, 1.165) is 13.1 Å². The molecule has 0 spiro atoms. The summed E-state index contributed by atoms with van der Waals surface area (Å²) < 4.78 is 0. The van der Waals surface area contributed by atoms with E-state index in [9.17, 15) is 4.79 Å². The fourth-order valence-electron chi connectivity index (χ4n) is 2.57. The second-order valence-electron chi connectivity index (χ2n) is 5.94. The molecule has 0 bridgehead atoms. The Kier molecular flexibility index (Phi) is 5.96. The number of hydrogen-bond acceptors (Lipinski definition) is 2. The molecule has 1 rings (SSSR count). The summed E-state index contributed by atoms with van der Waals surface area (Å²) in [5.74, 6) is 0.212. The van der Waals surface area contributed by atoms with Crippen LogP contribution in [0.25, 0.3) is 0 Å². The third kappa shape index (κ3) is 5.53. The van der Waals surface area contributed by atoms with Crippen molar-refractivity contribution in [3.63, 3.8) is 0 Å². The van der Waals surface area contributed by atoms with Crippen molar-refractivity contribution in [1.82, 2.24) is 10.2 Å². The Morgan fingerprint density at radius 2 is 1.76 bits per heavy atom. The van der Waals surface area contributed by atoms with Gasteiger partial charge >= 0.3 is 0 Å². The van der Waals surface area contributed by atoms with Gasteiger partial charge in [-0.25, -0.2) is 0 Å². The number of hydrogen-bond donors (Lipinski definition) is 1. The van der Waals surface area contributed by atoms with Crippen molar-refractivity contribution in [2.24, 2.45) is 5.41 Å². The van der Waals surface area contributed by atoms with Gasteiger partial charge in [-0.3, -0.25) is 4.79 Å². The second kappa shape index (κ2) is 7.00. The summed E-state index contributed by atoms with van der Waals surface area (Å²) in [4.78, 5) is 13.1. The van der Waals surface area contributed by atoms with Gasteiger partial charge in [0.25, 0.3) is 0 Å². The average Bonchev–Trinajstić information content (AvgIpc) is 2.49. The minimum atomic E-state index is 0.212. The SMILES string of the molecule is CN(C)C(=O)CCNCC1(C)CCCCCC1. The van der Waals surface area contributed by atoms with Gasteiger partial charge in [0, 0.05) is 33.6 Å². The minimum Gasteiger partial charge on any atom is -0.349 e. The van der Waals surface area contributed by atoms with Crippen LogP contribution in [0.4, 0.5) is 0 Å². The first-order chi connectivity index (χ1) is 8.03. The molecular formula is C14H28N2O. The summed E-state index contributed by atoms with van der Waals surface area (Å²) in [6.07, 6.45) is 8.82. The highest BCUT2D eigenvalue weighted by atomic mass is 16.2. The zero-order valence-corrected chi connectivity index (χ0v) is 11.7. The van der Waals surface area contributed by atoms with Crippen LogP contribution in [-0.4, -0.2) is 38.0 Å². The van der Waals surface area contributed by atoms with Crippen molar-refractivity contribution < 1.29 is 4.79 Å². The first-order valence-electron chi connectivity index (χ1n) is 6.94. The Bertz CT molecular complexity index is 230. The van der Waals surface area contributed by atoms with Crippen LogP contribution in [-0.2, 0) is 4.79 Å². The third-order valence-corrected chi connectivity index (χ3v) is 3.88. The molecule has 17 heavy (non-hydrogen) atoms. The van der Waals surface area contributed by atoms with Crippen LogP contribution >= 0.6 is 0 Å². The van der Waals surface area contributed by atoms with Gasteiger partial charge in [0.05, 0.1) is 0 Å². The molecule has 1 aliphatic carbocycles. The fraction of sp³-hybridized carbons (Fsp3) is 0.929. The van der Waals surface area contributed by atoms with Crippen molar-refractivity contribution in [2.45, 2.75) is 51.9 Å². The van der Waals surface area contributed by atoms with E-state index in [0.29, 0.717) is 11.8 Å². The molecule has 1 amide bonds. The van der Waals surface area contributed by atoms with Crippen LogP contribution in [0.2, 0.25) is 0 Å². The summed E-state index contributed by atoms with van der Waals surface area (Å²) in [6.45, 7) is 4.26. The van der Waals surface area contributed by atoms with E-state index in [1.807, 2.05) is 14.1 Å². The molecule has 1 N–H and O–H groups in total. The van der Waals surface area contributed by atoms with Gasteiger partial charge in [0.2, 0.25) is 5.91 Å². The van der Waals surface area contributed by atoms with E-state index < -0.39 is 0 Å². The number of amides is 1. The lowest BCUT2D eigenvalue weighted by molar-refractivity contribution is -0.128. The maximum atomic E-state index is 11.4. The maximum Gasteiger partial charge on any atom is 0.223 e. The predicted molar refractivity (Wildman–Crippen MR) is 72.0 cm³/mol. The number of carbonyl (C=O) groups is 1. The topological polar surface area (TPSA) is 32.3 Å². The molecule has 0 aromatic rings. The van der Waals surface area contributed by atoms with Gasteiger partial charge in [-0.1, -0.05) is 32.6 Å². The molecule has 0 aromatic carbocycles. The van der Waals surface area contributed by atoms with E-state index in [2.05, 4.69) is 12.2 Å². The molecule has 0 saturated heterocycles. The van der Waals surface area contributed by atoms with E-state index in [1.165, 1.54) is 38.5 Å². The third-order valence-electron chi connectivity index (χ3n) is 3.88. The summed E-state index contributed by atoms with van der Waals surface area (Å²) >= 11 is 0. The van der Waals surface area contributed by atoms with Gasteiger partial charge in [-0.15, -0.1) is 0 Å². The molecule has 0 heterocycles. The number of carbonyl (C=O) groups excluding carboxylic acids is 1. The van der Waals surface area contributed by atoms with Crippen molar-refractivity contribution in [2.75, 3.05) is 27.2 Å². The Balaban J connectivity index is 2.18. The van der Waals surface area contributed by atoms with E-state index in [1.54, 1.807) is 4.90 Å². The van der Waals surface area contributed by atoms with Crippen molar-refractivity contribution in [3.8, 4) is 0 Å². The lowest BCUT2D eigenvalue weighted by Gasteiger charge is -2.28. The molecule has 3 heteroatoms. The lowest BCUT2D eigenvalue weighted by atomic mass is 9.82. The number of nitrogens with zero attached hydrogens (tertiary/aromatic N) is 1. The molecule has 3 nitrogen and oxygen atoms in total. The fourth-order valence-corrected chi connectivity index (χ4v) is 2.57. The Morgan fingerprint density at radius 3 is 2.29 bits per heavy atom. The molecule has 0 aromatic heterocycles. The first kappa shape index (κ1) is 14.5. The summed E-state index contributed by atoms with van der Waals surface area (Å²) in [5, 5.41) is 3.46. The largest absolute Gasteiger partial charge is 0.349 e. The highest BCUT2D eigenvalue weighted by Gasteiger charge is 2.24. The molecule has 1 saturated carbocycles. The molecule has 0 radical (unpaired) electrons. The van der Waals surface area contributed by atoms with E-state index in [-0.39, 0.29) is 5.91 Å². The molecule has 0 unspecified atom stereocenters. The standard InChI is InChI=1S/C14H28N2O/c1-14(9-6-4-5-7-10-14)12-15-11-8-13(17)16(2)3/h15H,4-12H2,1-3H3. The van der Waals surface area contributed by atoms with Crippen LogP contribution in [0.15, 0.2) is 0 Å². The summed E-state index contributed by atoms with van der Waals surface area (Å²) in [6, 6.07) is 0. The maximum absolute atomic E-state index is 11.4. The Hall–Kier alpha value is -0.570. The van der Waals surface area contributed by atoms with Gasteiger partial charge in [-0.05, 0) is 18.3 Å². The quantitative estimate of drug-likeness (QED) is 0.591. The molecule has 1 aliphatic rings. The molecule has 100 valence electrons. The van der Waals surface area contributed by atoms with Crippen molar-refractivity contribution >= 4 is 5.91 Å². The molecular weight excluding hydrogens is 212 g/mol. The Morgan fingerprint density at radius 1 is 1.18 bits per heavy atom. The van der Waals surface area contributed by atoms with Crippen molar-refractivity contribution in [1.29, 1.82) is 0 Å². The second-order valence-corrected chi connectivity index (χ2v) is 5.94. The highest BCUT2D eigenvalue weighted by Crippen LogP contribution is 2.33. The molecule has 0 atom stereocenters. The van der Waals surface area contributed by atoms with Gasteiger partial charge in [0.1, 0.15) is 0 Å². The predicted octanol–water partition coefficient (Wildman–Crippen LogP) is 2.41. The zero-order chi connectivity index (χ0) is 12.7. The van der Waals surface area contributed by atoms with E-state index in [4.69, 9.17) is 0 Å². The summed E-state index contributed by atoms with van der Waals surface area (Å²) in [5.41, 5.74) is 0.456. The monoisotopic (exact) mass is 240 g/mol. The molecule has 0 aliphatic heterocycles. The average molecular weight is 240 g/mol. The normalized spacial score (nSPS) is 19.7. The van der Waals surface area contributed by atoms with Crippen molar-refractivity contribution in [3.05, 3.63) is 0 Å². The van der Waals surface area contributed by atoms with Crippen LogP contribution in [0.3, 0.4) is 0 Å². The number of rotatable bonds is 5. The minimum absolute atomic E-state index is 0.212. The van der Waals surface area contributed by atoms with Gasteiger partial charge in [-0.2, -0.15) is 0 Å². The highest BCUT2D eigenvalue weighted by molar-refractivity contribution is 5.75. The smallest absolute Gasteiger partial charge is 0.223 e. The molecule has 1 fully saturated rings. The van der Waals surface area contributed by atoms with Gasteiger partial charge < -0.3 is 10.2 Å². The van der Waals surface area contributed by atoms with Crippen LogP contribution in [0.5, 0.6) is 0 Å². The van der Waals surface area contributed by atoms with Crippen LogP contribution in [0, 0.1) is 5.41 Å². The lowest BCUT2D eigenvalue weighted by Crippen LogP contribution is -2.34. The zero-order valence-electron chi connectivity index (χ0n) is 11.7. The van der Waals surface area contributed by atoms with E-state index >= 15 is 0 Å².